The predicted molar refractivity (Wildman–Crippen MR) is 83.4 cm³/mol. The largest absolute Gasteiger partial charge is 0.390 e. The molecule has 0 amide bonds. The summed E-state index contributed by atoms with van der Waals surface area (Å²) in [5, 5.41) is 10.1. The van der Waals surface area contributed by atoms with E-state index in [-0.39, 0.29) is 24.5 Å². The van der Waals surface area contributed by atoms with Gasteiger partial charge in [-0.25, -0.2) is 19.3 Å². The molecule has 0 radical (unpaired) electrons. The normalized spacial score (nSPS) is 26.8. The minimum absolute atomic E-state index is 0.108. The van der Waals surface area contributed by atoms with Crippen molar-refractivity contribution >= 4 is 24.6 Å². The number of nitrogens with zero attached hydrogens (tertiary/aromatic N) is 4. The van der Waals surface area contributed by atoms with Crippen LogP contribution in [0.15, 0.2) is 11.1 Å². The number of rotatable bonds is 4. The molecule has 2 aromatic rings. The number of nitrogens with two attached hydrogens (primary N) is 1. The second-order valence-corrected chi connectivity index (χ2v) is 7.54. The molecule has 1 aliphatic rings. The summed E-state index contributed by atoms with van der Waals surface area (Å²) in [6, 6.07) is 0. The Hall–Kier alpha value is -1.78. The number of nitrogen functional groups attached to an aromatic ring is 1. The minimum atomic E-state index is -3.69. The fourth-order valence-electron chi connectivity index (χ4n) is 2.72. The monoisotopic (exact) mass is 359 g/mol. The Bertz CT molecular complexity index is 873. The molecule has 0 saturated carbocycles. The summed E-state index contributed by atoms with van der Waals surface area (Å²) in [7, 11) is -2.15. The molecule has 132 valence electrons. The van der Waals surface area contributed by atoms with Gasteiger partial charge in [-0.2, -0.15) is 0 Å². The molecule has 11 nitrogen and oxygen atoms in total. The van der Waals surface area contributed by atoms with Crippen molar-refractivity contribution in [2.75, 3.05) is 19.0 Å². The molecule has 0 bridgehead atoms. The summed E-state index contributed by atoms with van der Waals surface area (Å²) in [5.41, 5.74) is 6.04. The van der Waals surface area contributed by atoms with Gasteiger partial charge in [0.1, 0.15) is 24.2 Å². The third kappa shape index (κ3) is 2.96. The van der Waals surface area contributed by atoms with E-state index in [9.17, 15) is 19.4 Å². The van der Waals surface area contributed by atoms with E-state index < -0.39 is 31.7 Å². The fraction of sp³-hybridized carbons (Fsp3) is 0.583. The van der Waals surface area contributed by atoms with Gasteiger partial charge in [-0.05, 0) is 0 Å². The number of ether oxygens (including phenoxy) is 1. The van der Waals surface area contributed by atoms with Crippen molar-refractivity contribution in [1.82, 2.24) is 19.1 Å². The van der Waals surface area contributed by atoms with Gasteiger partial charge in [0.25, 0.3) is 0 Å². The molecule has 4 atom stereocenters. The Morgan fingerprint density at radius 3 is 2.92 bits per heavy atom. The lowest BCUT2D eigenvalue weighted by Gasteiger charge is -2.16. The topological polar surface area (TPSA) is 155 Å². The van der Waals surface area contributed by atoms with Crippen LogP contribution in [-0.4, -0.2) is 54.6 Å². The van der Waals surface area contributed by atoms with Crippen LogP contribution < -0.4 is 11.4 Å². The number of fused-ring (bicyclic) bond motifs is 1. The maximum absolute atomic E-state index is 12.5. The molecule has 0 aliphatic carbocycles. The summed E-state index contributed by atoms with van der Waals surface area (Å²) >= 11 is 0. The lowest BCUT2D eigenvalue weighted by molar-refractivity contribution is -0.0405. The fourth-order valence-corrected chi connectivity index (χ4v) is 3.15. The molecule has 3 rings (SSSR count). The van der Waals surface area contributed by atoms with Gasteiger partial charge in [-0.15, -0.1) is 0 Å². The van der Waals surface area contributed by atoms with Crippen molar-refractivity contribution in [3.63, 3.8) is 0 Å². The average molecular weight is 359 g/mol. The first-order valence-electron chi connectivity index (χ1n) is 7.14. The van der Waals surface area contributed by atoms with Crippen LogP contribution in [0.4, 0.5) is 5.82 Å². The van der Waals surface area contributed by atoms with Gasteiger partial charge in [0.2, 0.25) is 0 Å². The summed E-state index contributed by atoms with van der Waals surface area (Å²) < 4.78 is 24.2. The quantitative estimate of drug-likeness (QED) is 0.594. The zero-order valence-electron chi connectivity index (χ0n) is 13.1. The molecule has 12 heteroatoms. The van der Waals surface area contributed by atoms with E-state index in [4.69, 9.17) is 15.0 Å². The standard InChI is InChI=1S/C12H18N5O6P/c1-16-9-10(13)14-5-15-11(9)17(12(16)19)8-3-6(18)7(23-8)4-22-24(2,20)21/h5-8,18H,3-4H2,1-2H3,(H,20,21)(H2,13,14,15)/t6-,7+,8+/m0/s1. The zero-order chi connectivity index (χ0) is 17.6. The first kappa shape index (κ1) is 17.1. The highest BCUT2D eigenvalue weighted by Gasteiger charge is 2.38. The number of hydrogen-bond donors (Lipinski definition) is 3. The van der Waals surface area contributed by atoms with Gasteiger partial charge in [0, 0.05) is 20.1 Å². The Balaban J connectivity index is 1.93. The maximum Gasteiger partial charge on any atom is 0.332 e. The molecule has 2 aromatic heterocycles. The molecule has 1 fully saturated rings. The zero-order valence-corrected chi connectivity index (χ0v) is 14.0. The lowest BCUT2D eigenvalue weighted by Crippen LogP contribution is -2.27. The SMILES string of the molecule is Cn1c(=O)n([C@H]2C[C@H](O)[C@@H](COP(C)(=O)O)O2)c2ncnc(N)c21. The Labute approximate surface area is 136 Å². The molecule has 1 aliphatic heterocycles. The van der Waals surface area contributed by atoms with Crippen LogP contribution in [0, 0.1) is 0 Å². The number of aryl methyl sites for hydroxylation is 1. The van der Waals surface area contributed by atoms with Gasteiger partial charge in [-0.1, -0.05) is 0 Å². The van der Waals surface area contributed by atoms with Crippen LogP contribution in [-0.2, 0) is 20.9 Å². The van der Waals surface area contributed by atoms with E-state index in [1.54, 1.807) is 0 Å². The third-order valence-corrected chi connectivity index (χ3v) is 4.49. The van der Waals surface area contributed by atoms with Gasteiger partial charge in [0.15, 0.2) is 11.5 Å². The number of hydrogen-bond acceptors (Lipinski definition) is 8. The third-order valence-electron chi connectivity index (χ3n) is 3.86. The highest BCUT2D eigenvalue weighted by molar-refractivity contribution is 7.51. The van der Waals surface area contributed by atoms with Crippen molar-refractivity contribution in [2.45, 2.75) is 24.9 Å². The number of aromatic nitrogens is 4. The average Bonchev–Trinajstić information content (AvgIpc) is 2.96. The number of anilines is 1. The van der Waals surface area contributed by atoms with Gasteiger partial charge < -0.3 is 25.0 Å². The second kappa shape index (κ2) is 5.94. The van der Waals surface area contributed by atoms with E-state index in [1.807, 2.05) is 0 Å². The van der Waals surface area contributed by atoms with E-state index in [1.165, 1.54) is 22.5 Å². The second-order valence-electron chi connectivity index (χ2n) is 5.67. The lowest BCUT2D eigenvalue weighted by atomic mass is 10.2. The van der Waals surface area contributed by atoms with Crippen molar-refractivity contribution in [3.8, 4) is 0 Å². The molecule has 24 heavy (non-hydrogen) atoms. The van der Waals surface area contributed by atoms with Crippen LogP contribution in [0.2, 0.25) is 0 Å². The van der Waals surface area contributed by atoms with Crippen molar-refractivity contribution in [3.05, 3.63) is 16.8 Å². The molecular formula is C12H18N5O6P. The molecule has 1 saturated heterocycles. The smallest absolute Gasteiger partial charge is 0.332 e. The number of imidazole rings is 1. The van der Waals surface area contributed by atoms with Crippen LogP contribution in [0.3, 0.4) is 0 Å². The number of aliphatic hydroxyl groups is 1. The highest BCUT2D eigenvalue weighted by atomic mass is 31.2. The molecular weight excluding hydrogens is 341 g/mol. The predicted octanol–water partition coefficient (Wildman–Crippen LogP) is -0.808. The first-order chi connectivity index (χ1) is 11.2. The van der Waals surface area contributed by atoms with Crippen LogP contribution in [0.5, 0.6) is 0 Å². The molecule has 1 unspecified atom stereocenters. The molecule has 0 spiro atoms. The van der Waals surface area contributed by atoms with Crippen LogP contribution in [0.25, 0.3) is 11.2 Å². The summed E-state index contributed by atoms with van der Waals surface area (Å²) in [4.78, 5) is 29.6. The van der Waals surface area contributed by atoms with Gasteiger partial charge in [-0.3, -0.25) is 9.13 Å². The summed E-state index contributed by atoms with van der Waals surface area (Å²) in [5.74, 6) is 0.156. The highest BCUT2D eigenvalue weighted by Crippen LogP contribution is 2.39. The van der Waals surface area contributed by atoms with Crippen LogP contribution >= 0.6 is 7.60 Å². The van der Waals surface area contributed by atoms with E-state index in [0.29, 0.717) is 5.52 Å². The molecule has 4 N–H and O–H groups in total. The van der Waals surface area contributed by atoms with Crippen LogP contribution in [0.1, 0.15) is 12.6 Å². The molecule has 3 heterocycles. The summed E-state index contributed by atoms with van der Waals surface area (Å²) in [6.07, 6.45) is -1.25. The van der Waals surface area contributed by atoms with E-state index >= 15 is 0 Å². The van der Waals surface area contributed by atoms with Gasteiger partial charge in [0.05, 0.1) is 12.7 Å². The Kier molecular flexibility index (Phi) is 4.22. The van der Waals surface area contributed by atoms with Crippen molar-refractivity contribution in [2.24, 2.45) is 7.05 Å². The van der Waals surface area contributed by atoms with Crippen molar-refractivity contribution < 1.29 is 23.8 Å². The first-order valence-corrected chi connectivity index (χ1v) is 9.17. The van der Waals surface area contributed by atoms with E-state index in [0.717, 1.165) is 6.66 Å². The Morgan fingerprint density at radius 1 is 1.54 bits per heavy atom. The Morgan fingerprint density at radius 2 is 2.25 bits per heavy atom. The van der Waals surface area contributed by atoms with E-state index in [2.05, 4.69) is 9.97 Å². The van der Waals surface area contributed by atoms with Gasteiger partial charge >= 0.3 is 13.3 Å². The van der Waals surface area contributed by atoms with Crippen molar-refractivity contribution in [1.29, 1.82) is 0 Å². The molecule has 0 aromatic carbocycles. The minimum Gasteiger partial charge on any atom is -0.390 e. The summed E-state index contributed by atoms with van der Waals surface area (Å²) in [6.45, 7) is 0.777. The maximum atomic E-state index is 12.5. The number of aliphatic hydroxyl groups excluding tert-OH is 1.